The molecule has 1 N–H and O–H groups in total. The topological polar surface area (TPSA) is 30.5 Å². The lowest BCUT2D eigenvalue weighted by Crippen LogP contribution is -2.10. The Morgan fingerprint density at radius 1 is 1.26 bits per heavy atom. The van der Waals surface area contributed by atoms with Crippen molar-refractivity contribution in [2.24, 2.45) is 5.92 Å². The zero-order valence-corrected chi connectivity index (χ0v) is 11.3. The second-order valence-corrected chi connectivity index (χ2v) is 5.45. The maximum atomic E-state index is 5.83. The van der Waals surface area contributed by atoms with E-state index in [1.807, 2.05) is 18.2 Å². The molecule has 1 saturated carbocycles. The van der Waals surface area contributed by atoms with Gasteiger partial charge in [-0.1, -0.05) is 32.1 Å². The second-order valence-electron chi connectivity index (χ2n) is 5.45. The number of ether oxygens (including phenoxy) is 2. The Labute approximate surface area is 114 Å². The van der Waals surface area contributed by atoms with Crippen LogP contribution in [-0.4, -0.2) is 6.61 Å². The first-order valence-corrected chi connectivity index (χ1v) is 7.22. The van der Waals surface area contributed by atoms with Crippen molar-refractivity contribution in [2.45, 2.75) is 38.5 Å². The highest BCUT2D eigenvalue weighted by Crippen LogP contribution is 2.36. The van der Waals surface area contributed by atoms with Gasteiger partial charge >= 0.3 is 0 Å². The summed E-state index contributed by atoms with van der Waals surface area (Å²) in [6.07, 6.45) is 8.12. The zero-order valence-electron chi connectivity index (χ0n) is 11.3. The van der Waals surface area contributed by atoms with Crippen LogP contribution in [0.5, 0.6) is 11.5 Å². The smallest absolute Gasteiger partial charge is 0.190 e. The summed E-state index contributed by atoms with van der Waals surface area (Å²) in [6, 6.07) is 5.89. The third-order valence-corrected chi connectivity index (χ3v) is 3.98. The molecule has 0 aromatic heterocycles. The van der Waals surface area contributed by atoms with Gasteiger partial charge in [0.1, 0.15) is 5.75 Å². The normalized spacial score (nSPS) is 18.6. The van der Waals surface area contributed by atoms with Gasteiger partial charge in [0, 0.05) is 6.07 Å². The molecule has 1 aliphatic carbocycles. The Kier molecular flexibility index (Phi) is 3.62. The molecule has 3 heteroatoms. The molecular formula is C16H21NO2. The molecule has 2 aliphatic rings. The average molecular weight is 259 g/mol. The first kappa shape index (κ1) is 12.4. The van der Waals surface area contributed by atoms with E-state index in [1.165, 1.54) is 38.5 Å². The second kappa shape index (κ2) is 5.55. The van der Waals surface area contributed by atoms with Gasteiger partial charge in [-0.25, -0.2) is 0 Å². The van der Waals surface area contributed by atoms with Crippen molar-refractivity contribution in [3.63, 3.8) is 0 Å². The summed E-state index contributed by atoms with van der Waals surface area (Å²) >= 11 is 0. The van der Waals surface area contributed by atoms with Crippen molar-refractivity contribution in [3.05, 3.63) is 30.7 Å². The highest BCUT2D eigenvalue weighted by atomic mass is 16.5. The Hall–Kier alpha value is -1.64. The fraction of sp³-hybridized carbons (Fsp3) is 0.500. The first-order valence-electron chi connectivity index (χ1n) is 7.22. The Morgan fingerprint density at radius 3 is 2.95 bits per heavy atom. The minimum absolute atomic E-state index is 0.578. The van der Waals surface area contributed by atoms with Crippen LogP contribution < -0.4 is 14.8 Å². The molecule has 3 nitrogen and oxygen atoms in total. The van der Waals surface area contributed by atoms with Crippen molar-refractivity contribution in [1.29, 1.82) is 0 Å². The highest BCUT2D eigenvalue weighted by molar-refractivity contribution is 5.65. The van der Waals surface area contributed by atoms with E-state index in [1.54, 1.807) is 0 Å². The molecule has 0 bridgehead atoms. The first-order chi connectivity index (χ1) is 9.31. The van der Waals surface area contributed by atoms with Crippen LogP contribution in [0.15, 0.2) is 30.7 Å². The highest BCUT2D eigenvalue weighted by Gasteiger charge is 2.16. The summed E-state index contributed by atoms with van der Waals surface area (Å²) in [7, 11) is 0. The molecule has 1 aromatic rings. The van der Waals surface area contributed by atoms with Crippen LogP contribution in [0.3, 0.4) is 0 Å². The van der Waals surface area contributed by atoms with Gasteiger partial charge in [-0.15, -0.1) is 0 Å². The minimum atomic E-state index is 0.578. The summed E-state index contributed by atoms with van der Waals surface area (Å²) in [5.74, 6) is 3.13. The van der Waals surface area contributed by atoms with E-state index in [0.717, 1.165) is 29.7 Å². The number of hydrogen-bond donors (Lipinski definition) is 1. The van der Waals surface area contributed by atoms with Crippen LogP contribution in [-0.2, 0) is 0 Å². The molecule has 102 valence electrons. The van der Waals surface area contributed by atoms with Gasteiger partial charge in [-0.3, -0.25) is 0 Å². The van der Waals surface area contributed by atoms with Gasteiger partial charge in [0.2, 0.25) is 0 Å². The quantitative estimate of drug-likeness (QED) is 0.874. The largest absolute Gasteiger partial charge is 0.493 e. The fourth-order valence-electron chi connectivity index (χ4n) is 2.91. The molecule has 0 spiro atoms. The van der Waals surface area contributed by atoms with Crippen LogP contribution in [0.25, 0.3) is 0 Å². The third kappa shape index (κ3) is 3.03. The van der Waals surface area contributed by atoms with Crippen molar-refractivity contribution in [1.82, 2.24) is 0 Å². The van der Waals surface area contributed by atoms with E-state index in [2.05, 4.69) is 11.9 Å². The molecule has 1 aromatic carbocycles. The predicted octanol–water partition coefficient (Wildman–Crippen LogP) is 4.31. The molecule has 3 rings (SSSR count). The molecule has 0 radical (unpaired) electrons. The minimum Gasteiger partial charge on any atom is -0.493 e. The van der Waals surface area contributed by atoms with E-state index >= 15 is 0 Å². The van der Waals surface area contributed by atoms with Crippen molar-refractivity contribution < 1.29 is 9.47 Å². The lowest BCUT2D eigenvalue weighted by molar-refractivity contribution is 0.246. The monoisotopic (exact) mass is 259 g/mol. The van der Waals surface area contributed by atoms with Crippen molar-refractivity contribution in [3.8, 4) is 11.5 Å². The van der Waals surface area contributed by atoms with Gasteiger partial charge in [-0.05, 0) is 31.1 Å². The number of fused-ring (bicyclic) bond motifs is 1. The van der Waals surface area contributed by atoms with Crippen LogP contribution >= 0.6 is 0 Å². The van der Waals surface area contributed by atoms with Crippen LogP contribution in [0.4, 0.5) is 5.69 Å². The molecular weight excluding hydrogens is 238 g/mol. The standard InChI is InChI=1S/C16H21NO2/c1-12-17-15-8-7-14(11-16(15)19-12)18-10-9-13-5-3-2-4-6-13/h7-8,11,13,17H,1-6,9-10H2. The molecule has 0 saturated heterocycles. The summed E-state index contributed by atoms with van der Waals surface area (Å²) in [5, 5.41) is 3.06. The zero-order chi connectivity index (χ0) is 13.1. The molecule has 19 heavy (non-hydrogen) atoms. The van der Waals surface area contributed by atoms with Crippen molar-refractivity contribution >= 4 is 5.69 Å². The average Bonchev–Trinajstić information content (AvgIpc) is 2.79. The van der Waals surface area contributed by atoms with Crippen LogP contribution in [0.1, 0.15) is 38.5 Å². The molecule has 0 amide bonds. The number of anilines is 1. The van der Waals surface area contributed by atoms with E-state index < -0.39 is 0 Å². The fourth-order valence-corrected chi connectivity index (χ4v) is 2.91. The van der Waals surface area contributed by atoms with Gasteiger partial charge in [0.25, 0.3) is 0 Å². The van der Waals surface area contributed by atoms with Gasteiger partial charge in [-0.2, -0.15) is 0 Å². The maximum Gasteiger partial charge on any atom is 0.190 e. The van der Waals surface area contributed by atoms with Crippen LogP contribution in [0, 0.1) is 5.92 Å². The third-order valence-electron chi connectivity index (χ3n) is 3.98. The maximum absolute atomic E-state index is 5.83. The predicted molar refractivity (Wildman–Crippen MR) is 76.5 cm³/mol. The number of benzene rings is 1. The number of rotatable bonds is 4. The SMILES string of the molecule is C=C1Nc2ccc(OCCC3CCCCC3)cc2O1. The van der Waals surface area contributed by atoms with Gasteiger partial charge < -0.3 is 14.8 Å². The summed E-state index contributed by atoms with van der Waals surface area (Å²) in [6.45, 7) is 4.55. The lowest BCUT2D eigenvalue weighted by atomic mass is 9.87. The van der Waals surface area contributed by atoms with Crippen molar-refractivity contribution in [2.75, 3.05) is 11.9 Å². The lowest BCUT2D eigenvalue weighted by Gasteiger charge is -2.21. The summed E-state index contributed by atoms with van der Waals surface area (Å²) in [5.41, 5.74) is 0.963. The van der Waals surface area contributed by atoms with E-state index in [9.17, 15) is 0 Å². The van der Waals surface area contributed by atoms with E-state index in [0.29, 0.717) is 5.88 Å². The Morgan fingerprint density at radius 2 is 2.11 bits per heavy atom. The summed E-state index contributed by atoms with van der Waals surface area (Å²) < 4.78 is 11.3. The van der Waals surface area contributed by atoms with E-state index in [-0.39, 0.29) is 0 Å². The Bertz CT molecular complexity index is 464. The van der Waals surface area contributed by atoms with E-state index in [4.69, 9.17) is 9.47 Å². The molecule has 0 atom stereocenters. The number of nitrogens with one attached hydrogen (secondary N) is 1. The molecule has 1 aliphatic heterocycles. The van der Waals surface area contributed by atoms with Gasteiger partial charge in [0.05, 0.1) is 12.3 Å². The Balaban J connectivity index is 1.50. The summed E-state index contributed by atoms with van der Waals surface area (Å²) in [4.78, 5) is 0. The molecule has 1 heterocycles. The number of hydrogen-bond acceptors (Lipinski definition) is 3. The van der Waals surface area contributed by atoms with Gasteiger partial charge in [0.15, 0.2) is 11.6 Å². The van der Waals surface area contributed by atoms with Crippen LogP contribution in [0.2, 0.25) is 0 Å². The molecule has 1 fully saturated rings. The molecule has 0 unspecified atom stereocenters.